The van der Waals surface area contributed by atoms with E-state index < -0.39 is 0 Å². The maximum Gasteiger partial charge on any atom is 0.117 e. The molecule has 0 amide bonds. The molecule has 0 aliphatic carbocycles. The lowest BCUT2D eigenvalue weighted by atomic mass is 10.2. The van der Waals surface area contributed by atoms with Crippen LogP contribution >= 0.6 is 0 Å². The van der Waals surface area contributed by atoms with Crippen molar-refractivity contribution in [2.75, 3.05) is 18.0 Å². The maximum atomic E-state index is 9.38. The van der Waals surface area contributed by atoms with Crippen molar-refractivity contribution in [1.29, 1.82) is 0 Å². The van der Waals surface area contributed by atoms with Crippen LogP contribution in [0, 0.1) is 0 Å². The molecule has 3 heteroatoms. The predicted molar refractivity (Wildman–Crippen MR) is 85.4 cm³/mol. The van der Waals surface area contributed by atoms with Gasteiger partial charge in [-0.1, -0.05) is 18.2 Å². The second-order valence-electron chi connectivity index (χ2n) is 4.54. The summed E-state index contributed by atoms with van der Waals surface area (Å²) < 4.78 is 0. The van der Waals surface area contributed by atoms with Gasteiger partial charge in [-0.15, -0.1) is 0 Å². The molecule has 0 bridgehead atoms. The van der Waals surface area contributed by atoms with Crippen LogP contribution in [-0.4, -0.2) is 24.4 Å². The Morgan fingerprint density at radius 3 is 2.35 bits per heavy atom. The molecule has 0 aliphatic heterocycles. The molecular weight excluding hydrogens is 248 g/mol. The van der Waals surface area contributed by atoms with Gasteiger partial charge in [0.2, 0.25) is 0 Å². The van der Waals surface area contributed by atoms with Crippen molar-refractivity contribution >= 4 is 17.6 Å². The lowest BCUT2D eigenvalue weighted by Crippen LogP contribution is -2.21. The van der Waals surface area contributed by atoms with E-state index in [1.165, 1.54) is 5.69 Å². The van der Waals surface area contributed by atoms with E-state index >= 15 is 0 Å². The number of rotatable bonds is 5. The molecule has 0 heterocycles. The molecule has 2 aromatic carbocycles. The van der Waals surface area contributed by atoms with Crippen molar-refractivity contribution in [2.24, 2.45) is 4.99 Å². The van der Waals surface area contributed by atoms with Gasteiger partial charge in [0.1, 0.15) is 5.75 Å². The van der Waals surface area contributed by atoms with Crippen LogP contribution in [0.15, 0.2) is 53.5 Å². The second kappa shape index (κ2) is 6.75. The van der Waals surface area contributed by atoms with Gasteiger partial charge >= 0.3 is 0 Å². The highest BCUT2D eigenvalue weighted by Crippen LogP contribution is 2.19. The molecule has 0 saturated carbocycles. The summed E-state index contributed by atoms with van der Waals surface area (Å²) in [5.74, 6) is 0.233. The molecule has 0 atom stereocenters. The number of nitrogens with zero attached hydrogens (tertiary/aromatic N) is 2. The first kappa shape index (κ1) is 14.1. The zero-order valence-electron chi connectivity index (χ0n) is 12.0. The first-order valence-electron chi connectivity index (χ1n) is 6.91. The SMILES string of the molecule is CCN(CC)c1ccc(/C=N/c2cccc(O)c2)cc1. The first-order chi connectivity index (χ1) is 9.72. The van der Waals surface area contributed by atoms with E-state index in [4.69, 9.17) is 0 Å². The van der Waals surface area contributed by atoms with Crippen molar-refractivity contribution in [3.63, 3.8) is 0 Å². The molecule has 0 aromatic heterocycles. The minimum atomic E-state index is 0.233. The molecule has 2 rings (SSSR count). The Hall–Kier alpha value is -2.29. The highest BCUT2D eigenvalue weighted by molar-refractivity contribution is 5.82. The third-order valence-corrected chi connectivity index (χ3v) is 3.21. The normalized spacial score (nSPS) is 10.9. The second-order valence-corrected chi connectivity index (χ2v) is 4.54. The van der Waals surface area contributed by atoms with E-state index in [-0.39, 0.29) is 5.75 Å². The predicted octanol–water partition coefficient (Wildman–Crippen LogP) is 3.99. The quantitative estimate of drug-likeness (QED) is 0.832. The smallest absolute Gasteiger partial charge is 0.117 e. The Kier molecular flexibility index (Phi) is 4.77. The lowest BCUT2D eigenvalue weighted by Gasteiger charge is -2.20. The van der Waals surface area contributed by atoms with Gasteiger partial charge in [-0.2, -0.15) is 0 Å². The summed E-state index contributed by atoms with van der Waals surface area (Å²) >= 11 is 0. The van der Waals surface area contributed by atoms with Gasteiger partial charge in [0.25, 0.3) is 0 Å². The molecular formula is C17H20N2O. The van der Waals surface area contributed by atoms with Crippen molar-refractivity contribution in [3.8, 4) is 5.75 Å². The van der Waals surface area contributed by atoms with Crippen LogP contribution in [0.1, 0.15) is 19.4 Å². The topological polar surface area (TPSA) is 35.8 Å². The van der Waals surface area contributed by atoms with Crippen LogP contribution in [-0.2, 0) is 0 Å². The summed E-state index contributed by atoms with van der Waals surface area (Å²) in [6, 6.07) is 15.2. The van der Waals surface area contributed by atoms with Crippen LogP contribution in [0.25, 0.3) is 0 Å². The first-order valence-corrected chi connectivity index (χ1v) is 6.91. The zero-order valence-corrected chi connectivity index (χ0v) is 12.0. The third-order valence-electron chi connectivity index (χ3n) is 3.21. The summed E-state index contributed by atoms with van der Waals surface area (Å²) in [6.45, 7) is 6.32. The summed E-state index contributed by atoms with van der Waals surface area (Å²) in [6.07, 6.45) is 1.81. The lowest BCUT2D eigenvalue weighted by molar-refractivity contribution is 0.475. The Balaban J connectivity index is 2.11. The number of hydrogen-bond acceptors (Lipinski definition) is 3. The molecule has 20 heavy (non-hydrogen) atoms. The minimum absolute atomic E-state index is 0.233. The van der Waals surface area contributed by atoms with Crippen LogP contribution in [0.5, 0.6) is 5.75 Å². The summed E-state index contributed by atoms with van der Waals surface area (Å²) in [7, 11) is 0. The monoisotopic (exact) mass is 268 g/mol. The van der Waals surface area contributed by atoms with E-state index in [2.05, 4.69) is 48.0 Å². The molecule has 0 saturated heterocycles. The largest absolute Gasteiger partial charge is 0.508 e. The Bertz CT molecular complexity index is 572. The zero-order chi connectivity index (χ0) is 14.4. The fourth-order valence-corrected chi connectivity index (χ4v) is 2.08. The van der Waals surface area contributed by atoms with E-state index in [1.54, 1.807) is 24.4 Å². The average molecular weight is 268 g/mol. The number of hydrogen-bond donors (Lipinski definition) is 1. The maximum absolute atomic E-state index is 9.38. The van der Waals surface area contributed by atoms with Crippen LogP contribution in [0.4, 0.5) is 11.4 Å². The van der Waals surface area contributed by atoms with Gasteiger partial charge in [0.05, 0.1) is 5.69 Å². The number of anilines is 1. The van der Waals surface area contributed by atoms with E-state index in [9.17, 15) is 5.11 Å². The molecule has 2 aromatic rings. The van der Waals surface area contributed by atoms with Gasteiger partial charge in [-0.25, -0.2) is 0 Å². The molecule has 0 unspecified atom stereocenters. The average Bonchev–Trinajstić information content (AvgIpc) is 2.48. The molecule has 104 valence electrons. The molecule has 1 N–H and O–H groups in total. The molecule has 3 nitrogen and oxygen atoms in total. The Labute approximate surface area is 120 Å². The third kappa shape index (κ3) is 3.60. The molecule has 0 aliphatic rings. The standard InChI is InChI=1S/C17H20N2O/c1-3-19(4-2)16-10-8-14(9-11-16)13-18-15-6-5-7-17(20)12-15/h5-13,20H,3-4H2,1-2H3/b18-13+. The number of phenols is 1. The fraction of sp³-hybridized carbons (Fsp3) is 0.235. The van der Waals surface area contributed by atoms with E-state index in [0.29, 0.717) is 0 Å². The number of aromatic hydroxyl groups is 1. The summed E-state index contributed by atoms with van der Waals surface area (Å²) in [4.78, 5) is 6.66. The fourth-order valence-electron chi connectivity index (χ4n) is 2.08. The number of phenolic OH excluding ortho intramolecular Hbond substituents is 1. The minimum Gasteiger partial charge on any atom is -0.508 e. The van der Waals surface area contributed by atoms with Crippen LogP contribution < -0.4 is 4.90 Å². The Morgan fingerprint density at radius 2 is 1.75 bits per heavy atom. The van der Waals surface area contributed by atoms with Crippen molar-refractivity contribution < 1.29 is 5.11 Å². The van der Waals surface area contributed by atoms with Crippen LogP contribution in [0.2, 0.25) is 0 Å². The Morgan fingerprint density at radius 1 is 1.05 bits per heavy atom. The highest BCUT2D eigenvalue weighted by atomic mass is 16.3. The number of aliphatic imine (C=N–C) groups is 1. The van der Waals surface area contributed by atoms with Crippen LogP contribution in [0.3, 0.4) is 0 Å². The molecule has 0 spiro atoms. The number of benzene rings is 2. The van der Waals surface area contributed by atoms with Gasteiger partial charge in [0, 0.05) is 31.1 Å². The summed E-state index contributed by atoms with van der Waals surface area (Å²) in [5.41, 5.74) is 3.02. The van der Waals surface area contributed by atoms with Gasteiger partial charge in [-0.05, 0) is 43.7 Å². The van der Waals surface area contributed by atoms with Gasteiger partial charge in [-0.3, -0.25) is 4.99 Å². The van der Waals surface area contributed by atoms with E-state index in [0.717, 1.165) is 24.3 Å². The van der Waals surface area contributed by atoms with Crippen molar-refractivity contribution in [3.05, 3.63) is 54.1 Å². The summed E-state index contributed by atoms with van der Waals surface area (Å²) in [5, 5.41) is 9.38. The van der Waals surface area contributed by atoms with Gasteiger partial charge < -0.3 is 10.0 Å². The molecule has 0 fully saturated rings. The highest BCUT2D eigenvalue weighted by Gasteiger charge is 2.00. The van der Waals surface area contributed by atoms with Gasteiger partial charge in [0.15, 0.2) is 0 Å². The van der Waals surface area contributed by atoms with E-state index in [1.807, 2.05) is 6.07 Å². The van der Waals surface area contributed by atoms with Crippen molar-refractivity contribution in [1.82, 2.24) is 0 Å². The van der Waals surface area contributed by atoms with Crippen molar-refractivity contribution in [2.45, 2.75) is 13.8 Å². The molecule has 0 radical (unpaired) electrons.